The molecule has 1 saturated heterocycles. The maximum absolute atomic E-state index is 12.3. The Balaban J connectivity index is 1.30. The number of carbonyl (C=O) groups excluding carboxylic acids is 1. The van der Waals surface area contributed by atoms with Gasteiger partial charge in [-0.3, -0.25) is 4.79 Å². The lowest BCUT2D eigenvalue weighted by atomic mass is 9.99. The van der Waals surface area contributed by atoms with Crippen molar-refractivity contribution >= 4 is 17.3 Å². The second kappa shape index (κ2) is 7.66. The van der Waals surface area contributed by atoms with Gasteiger partial charge >= 0.3 is 0 Å². The minimum Gasteiger partial charge on any atom is -0.454 e. The van der Waals surface area contributed by atoms with E-state index in [-0.39, 0.29) is 18.6 Å². The molecular weight excluding hydrogens is 332 g/mol. The van der Waals surface area contributed by atoms with Crippen LogP contribution in [0.2, 0.25) is 0 Å². The maximum Gasteiger partial charge on any atom is 0.231 e. The third-order valence-corrected chi connectivity index (χ3v) is 4.68. The van der Waals surface area contributed by atoms with Crippen LogP contribution in [-0.4, -0.2) is 25.9 Å². The molecule has 1 amide bonds. The average molecular weight is 354 g/mol. The van der Waals surface area contributed by atoms with Crippen LogP contribution in [0.25, 0.3) is 0 Å². The van der Waals surface area contributed by atoms with Crippen LogP contribution in [0.15, 0.2) is 42.5 Å². The quantitative estimate of drug-likeness (QED) is 0.861. The van der Waals surface area contributed by atoms with Gasteiger partial charge in [-0.2, -0.15) is 0 Å². The van der Waals surface area contributed by atoms with E-state index in [0.717, 1.165) is 41.3 Å². The van der Waals surface area contributed by atoms with Gasteiger partial charge in [0.15, 0.2) is 11.5 Å². The molecule has 4 rings (SSSR count). The molecule has 2 N–H and O–H groups in total. The fourth-order valence-corrected chi connectivity index (χ4v) is 3.13. The normalized spacial score (nSPS) is 16.3. The molecule has 2 aliphatic rings. The number of amides is 1. The lowest BCUT2D eigenvalue weighted by molar-refractivity contribution is -0.122. The first-order valence-corrected chi connectivity index (χ1v) is 8.89. The van der Waals surface area contributed by atoms with Crippen LogP contribution in [0.1, 0.15) is 18.4 Å². The predicted octanol–water partition coefficient (Wildman–Crippen LogP) is 3.39. The molecule has 1 fully saturated rings. The first-order chi connectivity index (χ1) is 12.8. The summed E-state index contributed by atoms with van der Waals surface area (Å²) in [5.41, 5.74) is 2.92. The number of anilines is 2. The van der Waals surface area contributed by atoms with E-state index in [4.69, 9.17) is 14.2 Å². The van der Waals surface area contributed by atoms with Crippen molar-refractivity contribution in [1.82, 2.24) is 0 Å². The van der Waals surface area contributed by atoms with Crippen LogP contribution in [0.3, 0.4) is 0 Å². The van der Waals surface area contributed by atoms with E-state index < -0.39 is 0 Å². The first kappa shape index (κ1) is 16.7. The van der Waals surface area contributed by atoms with E-state index >= 15 is 0 Å². The van der Waals surface area contributed by atoms with Crippen molar-refractivity contribution in [2.24, 2.45) is 5.92 Å². The SMILES string of the molecule is O=C(Nc1ccc(NCc2ccc3c(c2)OCO3)cc1)C1CCOCC1. The van der Waals surface area contributed by atoms with Crippen molar-refractivity contribution in [3.63, 3.8) is 0 Å². The van der Waals surface area contributed by atoms with Crippen LogP contribution in [-0.2, 0) is 16.1 Å². The molecule has 2 aromatic carbocycles. The second-order valence-electron chi connectivity index (χ2n) is 6.49. The van der Waals surface area contributed by atoms with E-state index in [1.807, 2.05) is 42.5 Å². The van der Waals surface area contributed by atoms with Crippen LogP contribution >= 0.6 is 0 Å². The molecule has 2 aromatic rings. The predicted molar refractivity (Wildman–Crippen MR) is 98.5 cm³/mol. The minimum atomic E-state index is 0.0487. The Labute approximate surface area is 152 Å². The number of nitrogens with one attached hydrogen (secondary N) is 2. The number of carbonyl (C=O) groups is 1. The highest BCUT2D eigenvalue weighted by molar-refractivity contribution is 5.92. The Bertz CT molecular complexity index is 770. The van der Waals surface area contributed by atoms with E-state index in [0.29, 0.717) is 19.8 Å². The summed E-state index contributed by atoms with van der Waals surface area (Å²) in [6.45, 7) is 2.30. The molecule has 0 spiro atoms. The fraction of sp³-hybridized carbons (Fsp3) is 0.350. The van der Waals surface area contributed by atoms with E-state index in [1.54, 1.807) is 0 Å². The number of fused-ring (bicyclic) bond motifs is 1. The molecule has 0 radical (unpaired) electrons. The van der Waals surface area contributed by atoms with Gasteiger partial charge in [0.25, 0.3) is 0 Å². The third-order valence-electron chi connectivity index (χ3n) is 4.68. The van der Waals surface area contributed by atoms with Crippen LogP contribution < -0.4 is 20.1 Å². The van der Waals surface area contributed by atoms with E-state index in [1.165, 1.54) is 0 Å². The van der Waals surface area contributed by atoms with Crippen LogP contribution in [0, 0.1) is 5.92 Å². The highest BCUT2D eigenvalue weighted by Crippen LogP contribution is 2.32. The molecule has 6 nitrogen and oxygen atoms in total. The van der Waals surface area contributed by atoms with Crippen molar-refractivity contribution in [1.29, 1.82) is 0 Å². The van der Waals surface area contributed by atoms with Crippen LogP contribution in [0.5, 0.6) is 11.5 Å². The number of rotatable bonds is 5. The van der Waals surface area contributed by atoms with E-state index in [2.05, 4.69) is 10.6 Å². The van der Waals surface area contributed by atoms with Crippen molar-refractivity contribution in [3.05, 3.63) is 48.0 Å². The Kier molecular flexibility index (Phi) is 4.93. The molecule has 2 aliphatic heterocycles. The molecule has 2 heterocycles. The maximum atomic E-state index is 12.3. The Morgan fingerprint density at radius 1 is 0.962 bits per heavy atom. The smallest absolute Gasteiger partial charge is 0.231 e. The Morgan fingerprint density at radius 2 is 1.69 bits per heavy atom. The number of ether oxygens (including phenoxy) is 3. The highest BCUT2D eigenvalue weighted by Gasteiger charge is 2.21. The molecule has 6 heteroatoms. The molecule has 26 heavy (non-hydrogen) atoms. The number of hydrogen-bond donors (Lipinski definition) is 2. The van der Waals surface area contributed by atoms with Gasteiger partial charge in [0.2, 0.25) is 12.7 Å². The van der Waals surface area contributed by atoms with Crippen LogP contribution in [0.4, 0.5) is 11.4 Å². The lowest BCUT2D eigenvalue weighted by Gasteiger charge is -2.21. The standard InChI is InChI=1S/C20H22N2O4/c23-20(15-7-9-24-10-8-15)22-17-4-2-16(3-5-17)21-12-14-1-6-18-19(11-14)26-13-25-18/h1-6,11,15,21H,7-10,12-13H2,(H,22,23). The average Bonchev–Trinajstić information content (AvgIpc) is 3.16. The summed E-state index contributed by atoms with van der Waals surface area (Å²) in [5, 5.41) is 6.36. The van der Waals surface area contributed by atoms with Gasteiger partial charge in [-0.15, -0.1) is 0 Å². The largest absolute Gasteiger partial charge is 0.454 e. The fourth-order valence-electron chi connectivity index (χ4n) is 3.13. The van der Waals surface area contributed by atoms with Gasteiger partial charge in [0.05, 0.1) is 0 Å². The topological polar surface area (TPSA) is 68.8 Å². The minimum absolute atomic E-state index is 0.0487. The number of hydrogen-bond acceptors (Lipinski definition) is 5. The van der Waals surface area contributed by atoms with Crippen molar-refractivity contribution in [3.8, 4) is 11.5 Å². The Hall–Kier alpha value is -2.73. The van der Waals surface area contributed by atoms with Gasteiger partial charge in [-0.1, -0.05) is 6.07 Å². The van der Waals surface area contributed by atoms with Crippen molar-refractivity contribution < 1.29 is 19.0 Å². The summed E-state index contributed by atoms with van der Waals surface area (Å²) < 4.78 is 16.0. The van der Waals surface area contributed by atoms with Crippen molar-refractivity contribution in [2.45, 2.75) is 19.4 Å². The molecule has 0 aliphatic carbocycles. The van der Waals surface area contributed by atoms with Gasteiger partial charge in [0, 0.05) is 37.1 Å². The monoisotopic (exact) mass is 354 g/mol. The third kappa shape index (κ3) is 3.91. The van der Waals surface area contributed by atoms with Gasteiger partial charge < -0.3 is 24.8 Å². The molecule has 0 bridgehead atoms. The van der Waals surface area contributed by atoms with E-state index in [9.17, 15) is 4.79 Å². The molecule has 0 aromatic heterocycles. The summed E-state index contributed by atoms with van der Waals surface area (Å²) in [6.07, 6.45) is 1.59. The zero-order valence-electron chi connectivity index (χ0n) is 14.5. The number of benzene rings is 2. The van der Waals surface area contributed by atoms with Gasteiger partial charge in [0.1, 0.15) is 0 Å². The van der Waals surface area contributed by atoms with Gasteiger partial charge in [-0.25, -0.2) is 0 Å². The second-order valence-corrected chi connectivity index (χ2v) is 6.49. The summed E-state index contributed by atoms with van der Waals surface area (Å²) in [4.78, 5) is 12.3. The first-order valence-electron chi connectivity index (χ1n) is 8.89. The molecule has 0 atom stereocenters. The van der Waals surface area contributed by atoms with Crippen molar-refractivity contribution in [2.75, 3.05) is 30.6 Å². The summed E-state index contributed by atoms with van der Waals surface area (Å²) in [6, 6.07) is 13.7. The molecular formula is C20H22N2O4. The lowest BCUT2D eigenvalue weighted by Crippen LogP contribution is -2.28. The zero-order valence-corrected chi connectivity index (χ0v) is 14.5. The molecule has 136 valence electrons. The molecule has 0 saturated carbocycles. The molecule has 0 unspecified atom stereocenters. The summed E-state index contributed by atoms with van der Waals surface area (Å²) >= 11 is 0. The Morgan fingerprint density at radius 3 is 2.50 bits per heavy atom. The summed E-state index contributed by atoms with van der Waals surface area (Å²) in [5.74, 6) is 1.70. The summed E-state index contributed by atoms with van der Waals surface area (Å²) in [7, 11) is 0. The zero-order chi connectivity index (χ0) is 17.8. The van der Waals surface area contributed by atoms with Gasteiger partial charge in [-0.05, 0) is 54.8 Å². The highest BCUT2D eigenvalue weighted by atomic mass is 16.7.